The van der Waals surface area contributed by atoms with Gasteiger partial charge in [0.15, 0.2) is 5.25 Å². The van der Waals surface area contributed by atoms with Crippen LogP contribution in [0.15, 0.2) is 23.1 Å². The molecule has 0 saturated carbocycles. The van der Waals surface area contributed by atoms with Crippen LogP contribution in [0.3, 0.4) is 0 Å². The second-order valence-corrected chi connectivity index (χ2v) is 5.83. The topological polar surface area (TPSA) is 113 Å². The Bertz CT molecular complexity index is 619. The maximum Gasteiger partial charge on any atom is 0.266 e. The monoisotopic (exact) mass is 309 g/mol. The number of carbonyl (C=O) groups excluding carboxylic acids is 3. The van der Waals surface area contributed by atoms with Crippen LogP contribution in [0.2, 0.25) is 0 Å². The van der Waals surface area contributed by atoms with Crippen LogP contribution >= 0.6 is 11.8 Å². The molecule has 2 unspecified atom stereocenters. The SMILES string of the molecule is Cc1cccc2c1N(C(C)C(N)=O)C(=O)C(C(=O)NO)S2. The summed E-state index contributed by atoms with van der Waals surface area (Å²) in [5.41, 5.74) is 8.14. The van der Waals surface area contributed by atoms with Gasteiger partial charge in [-0.05, 0) is 25.5 Å². The van der Waals surface area contributed by atoms with Crippen molar-refractivity contribution in [1.29, 1.82) is 0 Å². The van der Waals surface area contributed by atoms with Crippen LogP contribution in [0.5, 0.6) is 0 Å². The number of anilines is 1. The van der Waals surface area contributed by atoms with Crippen LogP contribution in [0.25, 0.3) is 0 Å². The summed E-state index contributed by atoms with van der Waals surface area (Å²) in [6.45, 7) is 3.31. The molecule has 0 saturated heterocycles. The zero-order chi connectivity index (χ0) is 15.7. The molecule has 21 heavy (non-hydrogen) atoms. The van der Waals surface area contributed by atoms with E-state index in [1.54, 1.807) is 25.1 Å². The van der Waals surface area contributed by atoms with Gasteiger partial charge >= 0.3 is 0 Å². The molecule has 0 spiro atoms. The number of carbonyl (C=O) groups is 3. The molecule has 1 aromatic rings. The van der Waals surface area contributed by atoms with E-state index in [0.29, 0.717) is 10.6 Å². The number of rotatable bonds is 3. The summed E-state index contributed by atoms with van der Waals surface area (Å²) in [4.78, 5) is 37.6. The van der Waals surface area contributed by atoms with E-state index in [-0.39, 0.29) is 0 Å². The summed E-state index contributed by atoms with van der Waals surface area (Å²) in [7, 11) is 0. The molecule has 7 nitrogen and oxygen atoms in total. The number of nitrogens with one attached hydrogen (secondary N) is 1. The molecule has 1 aliphatic rings. The van der Waals surface area contributed by atoms with Crippen molar-refractivity contribution in [2.24, 2.45) is 5.73 Å². The van der Waals surface area contributed by atoms with E-state index in [9.17, 15) is 14.4 Å². The Kier molecular flexibility index (Phi) is 4.19. The Morgan fingerprint density at radius 1 is 1.48 bits per heavy atom. The van der Waals surface area contributed by atoms with Gasteiger partial charge in [0.05, 0.1) is 5.69 Å². The molecule has 112 valence electrons. The third-order valence-corrected chi connectivity index (χ3v) is 4.53. The summed E-state index contributed by atoms with van der Waals surface area (Å²) in [5, 5.41) is 7.61. The van der Waals surface area contributed by atoms with Crippen molar-refractivity contribution in [2.45, 2.75) is 30.0 Å². The minimum atomic E-state index is -1.16. The van der Waals surface area contributed by atoms with Gasteiger partial charge in [-0.2, -0.15) is 0 Å². The minimum absolute atomic E-state index is 0.570. The molecular weight excluding hydrogens is 294 g/mol. The second-order valence-electron chi connectivity index (χ2n) is 4.68. The quantitative estimate of drug-likeness (QED) is 0.419. The second kappa shape index (κ2) is 5.74. The van der Waals surface area contributed by atoms with Crippen LogP contribution in [0.4, 0.5) is 5.69 Å². The summed E-state index contributed by atoms with van der Waals surface area (Å²) in [6.07, 6.45) is 0. The van der Waals surface area contributed by atoms with Gasteiger partial charge in [0.25, 0.3) is 11.8 Å². The number of hydroxylamine groups is 1. The highest BCUT2D eigenvalue weighted by Crippen LogP contribution is 2.42. The molecule has 2 atom stereocenters. The Morgan fingerprint density at radius 3 is 2.71 bits per heavy atom. The zero-order valence-electron chi connectivity index (χ0n) is 11.5. The number of primary amides is 1. The molecular formula is C13H15N3O4S. The largest absolute Gasteiger partial charge is 0.368 e. The van der Waals surface area contributed by atoms with E-state index in [4.69, 9.17) is 10.9 Å². The van der Waals surface area contributed by atoms with Crippen molar-refractivity contribution in [3.05, 3.63) is 23.8 Å². The average Bonchev–Trinajstić information content (AvgIpc) is 2.45. The summed E-state index contributed by atoms with van der Waals surface area (Å²) in [5.74, 6) is -2.09. The van der Waals surface area contributed by atoms with Crippen LogP contribution in [-0.2, 0) is 14.4 Å². The first-order chi connectivity index (χ1) is 9.88. The van der Waals surface area contributed by atoms with Crippen LogP contribution < -0.4 is 16.1 Å². The normalized spacial score (nSPS) is 18.9. The number of para-hydroxylation sites is 1. The van der Waals surface area contributed by atoms with E-state index in [0.717, 1.165) is 17.3 Å². The first kappa shape index (κ1) is 15.3. The van der Waals surface area contributed by atoms with E-state index in [1.807, 2.05) is 0 Å². The van der Waals surface area contributed by atoms with Crippen molar-refractivity contribution in [1.82, 2.24) is 5.48 Å². The summed E-state index contributed by atoms with van der Waals surface area (Å²) >= 11 is 1.03. The molecule has 8 heteroatoms. The fourth-order valence-corrected chi connectivity index (χ4v) is 3.34. The molecule has 4 N–H and O–H groups in total. The number of fused-ring (bicyclic) bond motifs is 1. The lowest BCUT2D eigenvalue weighted by molar-refractivity contribution is -0.134. The van der Waals surface area contributed by atoms with Crippen molar-refractivity contribution in [3.8, 4) is 0 Å². The highest BCUT2D eigenvalue weighted by molar-refractivity contribution is 8.01. The van der Waals surface area contributed by atoms with Crippen molar-refractivity contribution in [2.75, 3.05) is 4.90 Å². The molecule has 3 amide bonds. The highest BCUT2D eigenvalue weighted by Gasteiger charge is 2.42. The maximum atomic E-state index is 12.5. The van der Waals surface area contributed by atoms with Crippen LogP contribution in [-0.4, -0.2) is 34.2 Å². The van der Waals surface area contributed by atoms with Gasteiger partial charge < -0.3 is 5.73 Å². The lowest BCUT2D eigenvalue weighted by Gasteiger charge is -2.36. The first-order valence-electron chi connectivity index (χ1n) is 6.21. The van der Waals surface area contributed by atoms with Crippen molar-refractivity contribution >= 4 is 35.2 Å². The molecule has 0 fully saturated rings. The number of nitrogens with two attached hydrogens (primary N) is 1. The molecule has 0 aliphatic carbocycles. The number of thioether (sulfide) groups is 1. The molecule has 0 radical (unpaired) electrons. The zero-order valence-corrected chi connectivity index (χ0v) is 12.3. The third kappa shape index (κ3) is 2.59. The van der Waals surface area contributed by atoms with Gasteiger partial charge in [-0.3, -0.25) is 24.5 Å². The Morgan fingerprint density at radius 2 is 2.14 bits per heavy atom. The van der Waals surface area contributed by atoms with Gasteiger partial charge in [0.2, 0.25) is 5.91 Å². The molecule has 2 rings (SSSR count). The number of hydrogen-bond acceptors (Lipinski definition) is 5. The Hall–Kier alpha value is -2.06. The van der Waals surface area contributed by atoms with Gasteiger partial charge in [-0.1, -0.05) is 12.1 Å². The highest BCUT2D eigenvalue weighted by atomic mass is 32.2. The van der Waals surface area contributed by atoms with E-state index >= 15 is 0 Å². The molecule has 1 aliphatic heterocycles. The van der Waals surface area contributed by atoms with Gasteiger partial charge in [-0.25, -0.2) is 5.48 Å². The lowest BCUT2D eigenvalue weighted by atomic mass is 10.1. The van der Waals surface area contributed by atoms with Crippen molar-refractivity contribution in [3.63, 3.8) is 0 Å². The lowest BCUT2D eigenvalue weighted by Crippen LogP contribution is -2.54. The number of benzene rings is 1. The fraction of sp³-hybridized carbons (Fsp3) is 0.308. The number of amides is 3. The fourth-order valence-electron chi connectivity index (χ4n) is 2.19. The Labute approximate surface area is 125 Å². The average molecular weight is 309 g/mol. The van der Waals surface area contributed by atoms with Gasteiger partial charge in [0.1, 0.15) is 6.04 Å². The first-order valence-corrected chi connectivity index (χ1v) is 7.09. The van der Waals surface area contributed by atoms with Crippen LogP contribution in [0, 0.1) is 6.92 Å². The molecule has 1 heterocycles. The predicted molar refractivity (Wildman–Crippen MR) is 76.9 cm³/mol. The number of hydrogen-bond donors (Lipinski definition) is 3. The van der Waals surface area contributed by atoms with E-state index in [2.05, 4.69) is 0 Å². The number of aryl methyl sites for hydroxylation is 1. The summed E-state index contributed by atoms with van der Waals surface area (Å²) in [6, 6.07) is 4.45. The number of nitrogens with zero attached hydrogens (tertiary/aromatic N) is 1. The minimum Gasteiger partial charge on any atom is -0.368 e. The van der Waals surface area contributed by atoms with E-state index < -0.39 is 29.0 Å². The smallest absolute Gasteiger partial charge is 0.266 e. The molecule has 0 bridgehead atoms. The third-order valence-electron chi connectivity index (χ3n) is 3.30. The summed E-state index contributed by atoms with van der Waals surface area (Å²) < 4.78 is 0. The molecule has 0 aromatic heterocycles. The standard InChI is InChI=1S/C13H15N3O4S/c1-6-4-3-5-8-9(6)16(7(2)11(14)17)13(19)10(21-8)12(18)15-20/h3-5,7,10,20H,1-2H3,(H2,14,17)(H,15,18). The maximum absolute atomic E-state index is 12.5. The van der Waals surface area contributed by atoms with Gasteiger partial charge in [0, 0.05) is 4.90 Å². The predicted octanol–water partition coefficient (Wildman–Crippen LogP) is 0.182. The van der Waals surface area contributed by atoms with E-state index in [1.165, 1.54) is 17.3 Å². The Balaban J connectivity index is 2.58. The van der Waals surface area contributed by atoms with Gasteiger partial charge in [-0.15, -0.1) is 11.8 Å². The van der Waals surface area contributed by atoms with Crippen LogP contribution in [0.1, 0.15) is 12.5 Å². The van der Waals surface area contributed by atoms with Crippen molar-refractivity contribution < 1.29 is 19.6 Å². The molecule has 1 aromatic carbocycles.